The summed E-state index contributed by atoms with van der Waals surface area (Å²) in [5.74, 6) is 0. The molecule has 4 rings (SSSR count). The molecule has 0 radical (unpaired) electrons. The molecule has 0 fully saturated rings. The third-order valence-electron chi connectivity index (χ3n) is 4.54. The summed E-state index contributed by atoms with van der Waals surface area (Å²) >= 11 is 0. The Morgan fingerprint density at radius 1 is 0.962 bits per heavy atom. The van der Waals surface area contributed by atoms with Crippen LogP contribution in [0.1, 0.15) is 5.56 Å². The molecule has 0 spiro atoms. The quantitative estimate of drug-likeness (QED) is 0.468. The van der Waals surface area contributed by atoms with E-state index in [0.29, 0.717) is 12.2 Å². The second-order valence-corrected chi connectivity index (χ2v) is 6.37. The number of H-pyrrole nitrogens is 2. The van der Waals surface area contributed by atoms with Gasteiger partial charge in [-0.25, -0.2) is 0 Å². The minimum absolute atomic E-state index is 0.0864. The Bertz CT molecular complexity index is 1110. The van der Waals surface area contributed by atoms with Crippen LogP contribution in [0.5, 0.6) is 0 Å². The molecule has 2 aromatic carbocycles. The van der Waals surface area contributed by atoms with Crippen molar-refractivity contribution in [3.8, 4) is 11.3 Å². The van der Waals surface area contributed by atoms with Crippen LogP contribution in [0.3, 0.4) is 0 Å². The summed E-state index contributed by atoms with van der Waals surface area (Å²) in [4.78, 5) is 18.8. The fourth-order valence-corrected chi connectivity index (χ4v) is 3.19. The summed E-state index contributed by atoms with van der Waals surface area (Å²) in [5, 5.41) is 5.46. The molecule has 0 aliphatic heterocycles. The summed E-state index contributed by atoms with van der Waals surface area (Å²) in [5.41, 5.74) is 4.47. The van der Waals surface area contributed by atoms with Gasteiger partial charge in [0.05, 0.1) is 17.9 Å². The monoisotopic (exact) mass is 347 g/mol. The van der Waals surface area contributed by atoms with E-state index < -0.39 is 0 Å². The second kappa shape index (κ2) is 7.15. The van der Waals surface area contributed by atoms with Gasteiger partial charge in [-0.15, -0.1) is 0 Å². The molecule has 5 nitrogen and oxygen atoms in total. The molecule has 4 aromatic rings. The highest BCUT2D eigenvalue weighted by atomic mass is 16.5. The zero-order chi connectivity index (χ0) is 17.9. The molecule has 3 N–H and O–H groups in total. The van der Waals surface area contributed by atoms with Gasteiger partial charge in [0.15, 0.2) is 0 Å². The molecule has 0 saturated carbocycles. The van der Waals surface area contributed by atoms with Crippen LogP contribution in [0.15, 0.2) is 59.4 Å². The van der Waals surface area contributed by atoms with Crippen LogP contribution in [-0.4, -0.2) is 30.2 Å². The Morgan fingerprint density at radius 3 is 2.69 bits per heavy atom. The summed E-state index contributed by atoms with van der Waals surface area (Å²) < 4.78 is 5.04. The molecule has 0 saturated heterocycles. The van der Waals surface area contributed by atoms with E-state index in [2.05, 4.69) is 33.5 Å². The SMILES string of the molecule is COCCNCc1ccc2[nH]c(-c3cc4ccccc4[nH]c3=O)cc2c1. The number of aromatic nitrogens is 2. The number of fused-ring (bicyclic) bond motifs is 2. The third-order valence-corrected chi connectivity index (χ3v) is 4.54. The van der Waals surface area contributed by atoms with Crippen LogP contribution in [0, 0.1) is 0 Å². The van der Waals surface area contributed by atoms with Crippen molar-refractivity contribution in [3.05, 3.63) is 70.5 Å². The van der Waals surface area contributed by atoms with Gasteiger partial charge in [0.2, 0.25) is 0 Å². The Kier molecular flexibility index (Phi) is 4.56. The van der Waals surface area contributed by atoms with Crippen LogP contribution < -0.4 is 10.9 Å². The van der Waals surface area contributed by atoms with E-state index in [1.165, 1.54) is 5.56 Å². The number of nitrogens with one attached hydrogen (secondary N) is 3. The van der Waals surface area contributed by atoms with Crippen molar-refractivity contribution in [3.63, 3.8) is 0 Å². The predicted octanol–water partition coefficient (Wildman–Crippen LogP) is 3.41. The zero-order valence-electron chi connectivity index (χ0n) is 14.6. The molecule has 132 valence electrons. The molecule has 2 heterocycles. The van der Waals surface area contributed by atoms with Crippen LogP contribution in [0.25, 0.3) is 33.1 Å². The highest BCUT2D eigenvalue weighted by molar-refractivity contribution is 5.89. The Labute approximate surface area is 151 Å². The summed E-state index contributed by atoms with van der Waals surface area (Å²) in [6.45, 7) is 2.30. The Balaban J connectivity index is 1.67. The first-order valence-electron chi connectivity index (χ1n) is 8.68. The van der Waals surface area contributed by atoms with Crippen molar-refractivity contribution in [2.75, 3.05) is 20.3 Å². The summed E-state index contributed by atoms with van der Waals surface area (Å²) in [6.07, 6.45) is 0. The number of hydrogen-bond acceptors (Lipinski definition) is 3. The average molecular weight is 347 g/mol. The average Bonchev–Trinajstić information content (AvgIpc) is 3.07. The topological polar surface area (TPSA) is 69.9 Å². The lowest BCUT2D eigenvalue weighted by molar-refractivity contribution is 0.199. The lowest BCUT2D eigenvalue weighted by atomic mass is 10.1. The second-order valence-electron chi connectivity index (χ2n) is 6.37. The molecule has 5 heteroatoms. The molecule has 0 atom stereocenters. The van der Waals surface area contributed by atoms with Crippen molar-refractivity contribution < 1.29 is 4.74 Å². The van der Waals surface area contributed by atoms with Gasteiger partial charge in [0.25, 0.3) is 5.56 Å². The van der Waals surface area contributed by atoms with Crippen LogP contribution >= 0.6 is 0 Å². The highest BCUT2D eigenvalue weighted by Gasteiger charge is 2.09. The first-order chi connectivity index (χ1) is 12.7. The zero-order valence-corrected chi connectivity index (χ0v) is 14.6. The number of hydrogen-bond donors (Lipinski definition) is 3. The van der Waals surface area contributed by atoms with E-state index in [1.807, 2.05) is 36.4 Å². The standard InChI is InChI=1S/C21H21N3O2/c1-26-9-8-22-13-14-6-7-19-16(10-14)12-20(23-19)17-11-15-4-2-3-5-18(15)24-21(17)25/h2-7,10-12,22-23H,8-9,13H2,1H3,(H,24,25). The van der Waals surface area contributed by atoms with Gasteiger partial charge in [-0.1, -0.05) is 24.3 Å². The molecule has 0 aliphatic carbocycles. The van der Waals surface area contributed by atoms with Gasteiger partial charge < -0.3 is 20.0 Å². The molecule has 2 aromatic heterocycles. The summed E-state index contributed by atoms with van der Waals surface area (Å²) in [7, 11) is 1.70. The Morgan fingerprint density at radius 2 is 1.81 bits per heavy atom. The van der Waals surface area contributed by atoms with Gasteiger partial charge in [0.1, 0.15) is 0 Å². The molecular weight excluding hydrogens is 326 g/mol. The number of aromatic amines is 2. The number of pyridine rings is 1. The third kappa shape index (κ3) is 3.27. The maximum Gasteiger partial charge on any atom is 0.257 e. The van der Waals surface area contributed by atoms with Crippen molar-refractivity contribution in [2.45, 2.75) is 6.54 Å². The predicted molar refractivity (Wildman–Crippen MR) is 105 cm³/mol. The molecule has 0 unspecified atom stereocenters. The maximum absolute atomic E-state index is 12.5. The minimum Gasteiger partial charge on any atom is -0.383 e. The van der Waals surface area contributed by atoms with Crippen molar-refractivity contribution in [1.29, 1.82) is 0 Å². The lowest BCUT2D eigenvalue weighted by Gasteiger charge is -2.04. The van der Waals surface area contributed by atoms with Crippen molar-refractivity contribution in [1.82, 2.24) is 15.3 Å². The number of methoxy groups -OCH3 is 1. The van der Waals surface area contributed by atoms with Crippen molar-refractivity contribution in [2.24, 2.45) is 0 Å². The molecule has 26 heavy (non-hydrogen) atoms. The number of ether oxygens (including phenoxy) is 1. The molecular formula is C21H21N3O2. The van der Waals surface area contributed by atoms with E-state index in [9.17, 15) is 4.79 Å². The maximum atomic E-state index is 12.5. The van der Waals surface area contributed by atoms with Gasteiger partial charge >= 0.3 is 0 Å². The minimum atomic E-state index is -0.0864. The Hall–Kier alpha value is -2.89. The van der Waals surface area contributed by atoms with Gasteiger partial charge in [0, 0.05) is 36.6 Å². The van der Waals surface area contributed by atoms with Crippen LogP contribution in [0.4, 0.5) is 0 Å². The lowest BCUT2D eigenvalue weighted by Crippen LogP contribution is -2.18. The molecule has 0 amide bonds. The first-order valence-corrected chi connectivity index (χ1v) is 8.68. The van der Waals surface area contributed by atoms with E-state index in [-0.39, 0.29) is 5.56 Å². The number of rotatable bonds is 6. The van der Waals surface area contributed by atoms with E-state index in [1.54, 1.807) is 7.11 Å². The largest absolute Gasteiger partial charge is 0.383 e. The van der Waals surface area contributed by atoms with E-state index >= 15 is 0 Å². The fourth-order valence-electron chi connectivity index (χ4n) is 3.19. The smallest absolute Gasteiger partial charge is 0.257 e. The van der Waals surface area contributed by atoms with Crippen LogP contribution in [-0.2, 0) is 11.3 Å². The first kappa shape index (κ1) is 16.6. The summed E-state index contributed by atoms with van der Waals surface area (Å²) in [6, 6.07) is 18.1. The highest BCUT2D eigenvalue weighted by Crippen LogP contribution is 2.24. The van der Waals surface area contributed by atoms with E-state index in [0.717, 1.165) is 40.6 Å². The van der Waals surface area contributed by atoms with Gasteiger partial charge in [-0.2, -0.15) is 0 Å². The van der Waals surface area contributed by atoms with Gasteiger partial charge in [-0.3, -0.25) is 4.79 Å². The molecule has 0 bridgehead atoms. The molecule has 0 aliphatic rings. The van der Waals surface area contributed by atoms with Gasteiger partial charge in [-0.05, 0) is 41.3 Å². The number of benzene rings is 2. The number of para-hydroxylation sites is 1. The van der Waals surface area contributed by atoms with Crippen molar-refractivity contribution >= 4 is 21.8 Å². The normalized spacial score (nSPS) is 11.4. The fraction of sp³-hybridized carbons (Fsp3) is 0.190. The van der Waals surface area contributed by atoms with Crippen LogP contribution in [0.2, 0.25) is 0 Å². The van der Waals surface area contributed by atoms with E-state index in [4.69, 9.17) is 4.74 Å².